The van der Waals surface area contributed by atoms with Crippen molar-refractivity contribution in [2.24, 2.45) is 0 Å². The molecule has 0 fully saturated rings. The van der Waals surface area contributed by atoms with Crippen molar-refractivity contribution in [1.29, 1.82) is 0 Å². The number of rotatable bonds is 4. The summed E-state index contributed by atoms with van der Waals surface area (Å²) >= 11 is 6.11. The molecule has 2 heteroatoms. The van der Waals surface area contributed by atoms with Gasteiger partial charge in [0.05, 0.1) is 7.11 Å². The van der Waals surface area contributed by atoms with Crippen LogP contribution in [0.1, 0.15) is 11.1 Å². The predicted molar refractivity (Wildman–Crippen MR) is 71.6 cm³/mol. The molecule has 0 amide bonds. The molecule has 0 bridgehead atoms. The average Bonchev–Trinajstić information content (AvgIpc) is 2.38. The summed E-state index contributed by atoms with van der Waals surface area (Å²) in [5.74, 6) is 0.888. The molecule has 0 saturated heterocycles. The molecule has 1 radical (unpaired) electrons. The monoisotopic (exact) mass is 245 g/mol. The molecule has 0 N–H and O–H groups in total. The first-order valence-corrected chi connectivity index (χ1v) is 5.88. The molecule has 0 atom stereocenters. The maximum absolute atomic E-state index is 6.11. The Bertz CT molecular complexity index is 494. The van der Waals surface area contributed by atoms with E-state index in [0.717, 1.165) is 28.3 Å². The molecule has 0 aliphatic carbocycles. The topological polar surface area (TPSA) is 9.23 Å². The van der Waals surface area contributed by atoms with E-state index in [-0.39, 0.29) is 0 Å². The lowest BCUT2D eigenvalue weighted by atomic mass is 10.0. The first kappa shape index (κ1) is 12.0. The summed E-state index contributed by atoms with van der Waals surface area (Å²) in [6, 6.07) is 15.8. The lowest BCUT2D eigenvalue weighted by Gasteiger charge is -2.08. The maximum Gasteiger partial charge on any atom is 0.122 e. The second-order valence-corrected chi connectivity index (χ2v) is 4.15. The van der Waals surface area contributed by atoms with E-state index in [4.69, 9.17) is 16.3 Å². The van der Waals surface area contributed by atoms with Crippen LogP contribution in [0.5, 0.6) is 5.75 Å². The van der Waals surface area contributed by atoms with Gasteiger partial charge in [-0.2, -0.15) is 0 Å². The minimum atomic E-state index is 0.804. The minimum absolute atomic E-state index is 0.804. The number of halogens is 1. The Morgan fingerprint density at radius 2 is 1.76 bits per heavy atom. The van der Waals surface area contributed by atoms with E-state index in [1.807, 2.05) is 48.5 Å². The predicted octanol–water partition coefficient (Wildman–Crippen LogP) is 4.14. The minimum Gasteiger partial charge on any atom is -0.496 e. The number of para-hydroxylation sites is 1. The molecule has 0 saturated carbocycles. The van der Waals surface area contributed by atoms with Crippen LogP contribution in [0, 0.1) is 6.42 Å². The van der Waals surface area contributed by atoms with Crippen LogP contribution in [0.3, 0.4) is 0 Å². The summed E-state index contributed by atoms with van der Waals surface area (Å²) in [6.07, 6.45) is 2.93. The lowest BCUT2D eigenvalue weighted by Crippen LogP contribution is -1.93. The second kappa shape index (κ2) is 5.74. The fourth-order valence-electron chi connectivity index (χ4n) is 1.72. The Labute approximate surface area is 107 Å². The molecular formula is C15H14ClO. The molecule has 87 valence electrons. The zero-order chi connectivity index (χ0) is 12.1. The quantitative estimate of drug-likeness (QED) is 0.787. The van der Waals surface area contributed by atoms with Crippen molar-refractivity contribution in [1.82, 2.24) is 0 Å². The third kappa shape index (κ3) is 3.01. The summed E-state index contributed by atoms with van der Waals surface area (Å²) in [5.41, 5.74) is 2.22. The lowest BCUT2D eigenvalue weighted by molar-refractivity contribution is 0.412. The van der Waals surface area contributed by atoms with Crippen LogP contribution in [0.4, 0.5) is 0 Å². The van der Waals surface area contributed by atoms with Crippen molar-refractivity contribution in [3.63, 3.8) is 0 Å². The zero-order valence-corrected chi connectivity index (χ0v) is 10.4. The van der Waals surface area contributed by atoms with Crippen molar-refractivity contribution in [2.75, 3.05) is 7.11 Å². The van der Waals surface area contributed by atoms with Crippen LogP contribution in [-0.4, -0.2) is 7.11 Å². The van der Waals surface area contributed by atoms with Crippen molar-refractivity contribution >= 4 is 11.6 Å². The molecule has 0 aliphatic rings. The van der Waals surface area contributed by atoms with Gasteiger partial charge in [0.1, 0.15) is 5.75 Å². The molecule has 2 rings (SSSR count). The van der Waals surface area contributed by atoms with Gasteiger partial charge in [0, 0.05) is 5.02 Å². The third-order valence-corrected chi connectivity index (χ3v) is 3.01. The van der Waals surface area contributed by atoms with E-state index >= 15 is 0 Å². The van der Waals surface area contributed by atoms with Gasteiger partial charge < -0.3 is 4.74 Å². The molecule has 1 nitrogen and oxygen atoms in total. The Morgan fingerprint density at radius 1 is 1.06 bits per heavy atom. The van der Waals surface area contributed by atoms with Crippen LogP contribution in [0.15, 0.2) is 48.5 Å². The largest absolute Gasteiger partial charge is 0.496 e. The van der Waals surface area contributed by atoms with Gasteiger partial charge in [0.15, 0.2) is 0 Å². The van der Waals surface area contributed by atoms with Gasteiger partial charge in [-0.3, -0.25) is 0 Å². The molecule has 0 aromatic heterocycles. The van der Waals surface area contributed by atoms with Crippen LogP contribution >= 0.6 is 11.6 Å². The van der Waals surface area contributed by atoms with Crippen LogP contribution < -0.4 is 4.74 Å². The number of benzene rings is 2. The third-order valence-electron chi connectivity index (χ3n) is 2.64. The number of hydrogen-bond donors (Lipinski definition) is 0. The van der Waals surface area contributed by atoms with E-state index < -0.39 is 0 Å². The van der Waals surface area contributed by atoms with Crippen molar-refractivity contribution in [3.8, 4) is 5.75 Å². The van der Waals surface area contributed by atoms with Gasteiger partial charge in [-0.15, -0.1) is 0 Å². The zero-order valence-electron chi connectivity index (χ0n) is 9.69. The van der Waals surface area contributed by atoms with Crippen molar-refractivity contribution < 1.29 is 4.74 Å². The molecule has 2 aromatic carbocycles. The number of ether oxygens (including phenoxy) is 1. The molecule has 2 aromatic rings. The summed E-state index contributed by atoms with van der Waals surface area (Å²) in [4.78, 5) is 0. The van der Waals surface area contributed by atoms with E-state index in [1.165, 1.54) is 0 Å². The van der Waals surface area contributed by atoms with Crippen LogP contribution in [0.2, 0.25) is 5.02 Å². The van der Waals surface area contributed by atoms with Crippen LogP contribution in [0.25, 0.3) is 0 Å². The van der Waals surface area contributed by atoms with E-state index in [1.54, 1.807) is 7.11 Å². The van der Waals surface area contributed by atoms with Gasteiger partial charge in [-0.25, -0.2) is 0 Å². The maximum atomic E-state index is 6.11. The molecule has 17 heavy (non-hydrogen) atoms. The Morgan fingerprint density at radius 3 is 2.53 bits per heavy atom. The summed E-state index contributed by atoms with van der Waals surface area (Å²) in [7, 11) is 1.68. The van der Waals surface area contributed by atoms with Crippen LogP contribution in [-0.2, 0) is 6.42 Å². The normalized spacial score (nSPS) is 10.2. The molecule has 0 heterocycles. The van der Waals surface area contributed by atoms with Gasteiger partial charge >= 0.3 is 0 Å². The smallest absolute Gasteiger partial charge is 0.122 e. The first-order valence-electron chi connectivity index (χ1n) is 5.51. The van der Waals surface area contributed by atoms with Gasteiger partial charge in [-0.1, -0.05) is 48.0 Å². The van der Waals surface area contributed by atoms with Crippen molar-refractivity contribution in [2.45, 2.75) is 6.42 Å². The first-order chi connectivity index (χ1) is 8.31. The highest BCUT2D eigenvalue weighted by molar-refractivity contribution is 6.31. The highest BCUT2D eigenvalue weighted by Crippen LogP contribution is 2.23. The Kier molecular flexibility index (Phi) is 4.05. The number of hydrogen-bond acceptors (Lipinski definition) is 1. The number of methoxy groups -OCH3 is 1. The van der Waals surface area contributed by atoms with E-state index in [2.05, 4.69) is 6.42 Å². The Balaban J connectivity index is 2.10. The second-order valence-electron chi connectivity index (χ2n) is 3.74. The van der Waals surface area contributed by atoms with E-state index in [0.29, 0.717) is 0 Å². The van der Waals surface area contributed by atoms with E-state index in [9.17, 15) is 0 Å². The van der Waals surface area contributed by atoms with Gasteiger partial charge in [0.2, 0.25) is 0 Å². The SMILES string of the molecule is COc1ccccc1[CH]Cc1ccccc1Cl. The fraction of sp³-hybridized carbons (Fsp3) is 0.133. The molecule has 0 spiro atoms. The molecule has 0 unspecified atom stereocenters. The highest BCUT2D eigenvalue weighted by Gasteiger charge is 2.04. The molecular weight excluding hydrogens is 232 g/mol. The Hall–Kier alpha value is -1.47. The summed E-state index contributed by atoms with van der Waals surface area (Å²) < 4.78 is 5.30. The summed E-state index contributed by atoms with van der Waals surface area (Å²) in [5, 5.41) is 0.804. The standard InChI is InChI=1S/C15H14ClO/c1-17-15-9-5-3-7-13(15)11-10-12-6-2-4-8-14(12)16/h2-9,11H,10H2,1H3. The summed E-state index contributed by atoms with van der Waals surface area (Å²) in [6.45, 7) is 0. The highest BCUT2D eigenvalue weighted by atomic mass is 35.5. The molecule has 0 aliphatic heterocycles. The fourth-order valence-corrected chi connectivity index (χ4v) is 1.93. The van der Waals surface area contributed by atoms with Crippen molar-refractivity contribution in [3.05, 3.63) is 71.1 Å². The average molecular weight is 246 g/mol. The van der Waals surface area contributed by atoms with Gasteiger partial charge in [-0.05, 0) is 36.1 Å². The van der Waals surface area contributed by atoms with Gasteiger partial charge in [0.25, 0.3) is 0 Å².